The van der Waals surface area contributed by atoms with Gasteiger partial charge in [0.25, 0.3) is 0 Å². The van der Waals surface area contributed by atoms with E-state index >= 15 is 0 Å². The van der Waals surface area contributed by atoms with Crippen molar-refractivity contribution in [1.29, 1.82) is 0 Å². The first-order valence-corrected chi connectivity index (χ1v) is 7.59. The number of aryl methyl sites for hydroxylation is 1. The van der Waals surface area contributed by atoms with Gasteiger partial charge in [0.2, 0.25) is 0 Å². The number of fused-ring (bicyclic) bond motifs is 1. The van der Waals surface area contributed by atoms with E-state index in [9.17, 15) is 0 Å². The van der Waals surface area contributed by atoms with E-state index in [1.165, 1.54) is 15.8 Å². The van der Waals surface area contributed by atoms with Crippen LogP contribution in [-0.4, -0.2) is 4.98 Å². The van der Waals surface area contributed by atoms with Crippen LogP contribution in [0.3, 0.4) is 0 Å². The van der Waals surface area contributed by atoms with Gasteiger partial charge in [-0.3, -0.25) is 0 Å². The predicted octanol–water partition coefficient (Wildman–Crippen LogP) is 4.92. The molecule has 0 fully saturated rings. The molecule has 2 N–H and O–H groups in total. The highest BCUT2D eigenvalue weighted by molar-refractivity contribution is 9.10. The zero-order chi connectivity index (χ0) is 13.6. The van der Waals surface area contributed by atoms with Gasteiger partial charge in [-0.1, -0.05) is 15.9 Å². The molecular weight excluding hydrogens is 320 g/mol. The molecule has 2 nitrogen and oxygen atoms in total. The predicted molar refractivity (Wildman–Crippen MR) is 86.6 cm³/mol. The Bertz CT molecular complexity index is 777. The Morgan fingerprint density at radius 3 is 2.74 bits per heavy atom. The molecule has 4 heteroatoms. The number of halogens is 1. The molecule has 0 bridgehead atoms. The lowest BCUT2D eigenvalue weighted by molar-refractivity contribution is 1.33. The van der Waals surface area contributed by atoms with Gasteiger partial charge in [0.1, 0.15) is 5.01 Å². The largest absolute Gasteiger partial charge is 0.399 e. The number of hydrogen-bond acceptors (Lipinski definition) is 3. The Kier molecular flexibility index (Phi) is 3.07. The number of thiazole rings is 1. The van der Waals surface area contributed by atoms with E-state index in [0.717, 1.165) is 26.2 Å². The summed E-state index contributed by atoms with van der Waals surface area (Å²) in [4.78, 5) is 4.71. The van der Waals surface area contributed by atoms with Crippen molar-refractivity contribution in [3.8, 4) is 10.6 Å². The molecule has 3 rings (SSSR count). The number of benzene rings is 2. The molecule has 0 unspecified atom stereocenters. The number of nitrogens with two attached hydrogens (primary N) is 1. The fraction of sp³-hybridized carbons (Fsp3) is 0.133. The molecule has 0 atom stereocenters. The second kappa shape index (κ2) is 4.62. The summed E-state index contributed by atoms with van der Waals surface area (Å²) in [5, 5.41) is 1.03. The smallest absolute Gasteiger partial charge is 0.124 e. The average molecular weight is 333 g/mol. The molecule has 0 aliphatic heterocycles. The minimum atomic E-state index is 0.790. The van der Waals surface area contributed by atoms with Crippen LogP contribution in [0.2, 0.25) is 0 Å². The van der Waals surface area contributed by atoms with E-state index < -0.39 is 0 Å². The van der Waals surface area contributed by atoms with E-state index in [1.54, 1.807) is 11.3 Å². The van der Waals surface area contributed by atoms with E-state index in [4.69, 9.17) is 10.7 Å². The maximum absolute atomic E-state index is 5.95. The summed E-state index contributed by atoms with van der Waals surface area (Å²) in [5.41, 5.74) is 11.4. The topological polar surface area (TPSA) is 38.9 Å². The van der Waals surface area contributed by atoms with Crippen LogP contribution >= 0.6 is 27.3 Å². The second-order valence-corrected chi connectivity index (χ2v) is 6.59. The van der Waals surface area contributed by atoms with Gasteiger partial charge in [0.05, 0.1) is 10.2 Å². The average Bonchev–Trinajstić information content (AvgIpc) is 2.76. The maximum Gasteiger partial charge on any atom is 0.124 e. The number of rotatable bonds is 1. The van der Waals surface area contributed by atoms with Gasteiger partial charge in [-0.15, -0.1) is 11.3 Å². The highest BCUT2D eigenvalue weighted by Crippen LogP contribution is 2.35. The molecule has 0 aliphatic rings. The number of aromatic nitrogens is 1. The van der Waals surface area contributed by atoms with E-state index in [2.05, 4.69) is 35.8 Å². The van der Waals surface area contributed by atoms with Crippen molar-refractivity contribution >= 4 is 43.2 Å². The van der Waals surface area contributed by atoms with Crippen LogP contribution in [0, 0.1) is 13.8 Å². The first-order chi connectivity index (χ1) is 9.04. The first-order valence-electron chi connectivity index (χ1n) is 5.98. The molecule has 0 saturated heterocycles. The van der Waals surface area contributed by atoms with Crippen molar-refractivity contribution in [2.24, 2.45) is 0 Å². The SMILES string of the molecule is Cc1cc(N)cc(-c2nc3ccc(Br)cc3s2)c1C. The van der Waals surface area contributed by atoms with E-state index in [-0.39, 0.29) is 0 Å². The summed E-state index contributed by atoms with van der Waals surface area (Å²) in [6.45, 7) is 4.20. The highest BCUT2D eigenvalue weighted by Gasteiger charge is 2.11. The highest BCUT2D eigenvalue weighted by atomic mass is 79.9. The zero-order valence-corrected chi connectivity index (χ0v) is 13.1. The molecule has 3 aromatic rings. The molecule has 0 aliphatic carbocycles. The zero-order valence-electron chi connectivity index (χ0n) is 10.7. The lowest BCUT2D eigenvalue weighted by atomic mass is 10.0. The van der Waals surface area contributed by atoms with Crippen LogP contribution in [0.25, 0.3) is 20.8 Å². The third-order valence-electron chi connectivity index (χ3n) is 3.27. The number of nitrogen functional groups attached to an aromatic ring is 1. The summed E-state index contributed by atoms with van der Waals surface area (Å²) in [7, 11) is 0. The third-order valence-corrected chi connectivity index (χ3v) is 4.82. The van der Waals surface area contributed by atoms with Crippen molar-refractivity contribution < 1.29 is 0 Å². The minimum absolute atomic E-state index is 0.790. The van der Waals surface area contributed by atoms with Crippen molar-refractivity contribution in [2.45, 2.75) is 13.8 Å². The van der Waals surface area contributed by atoms with Crippen LogP contribution in [0.1, 0.15) is 11.1 Å². The van der Waals surface area contributed by atoms with Crippen LogP contribution in [0.15, 0.2) is 34.8 Å². The van der Waals surface area contributed by atoms with Crippen molar-refractivity contribution in [3.63, 3.8) is 0 Å². The monoisotopic (exact) mass is 332 g/mol. The van der Waals surface area contributed by atoms with Gasteiger partial charge >= 0.3 is 0 Å². The lowest BCUT2D eigenvalue weighted by Gasteiger charge is -2.07. The van der Waals surface area contributed by atoms with Crippen molar-refractivity contribution in [3.05, 3.63) is 45.9 Å². The quantitative estimate of drug-likeness (QED) is 0.642. The summed E-state index contributed by atoms with van der Waals surface area (Å²) in [6, 6.07) is 10.2. The number of nitrogens with zero attached hydrogens (tertiary/aromatic N) is 1. The Labute approximate surface area is 124 Å². The first kappa shape index (κ1) is 12.6. The normalized spacial score (nSPS) is 11.1. The van der Waals surface area contributed by atoms with Gasteiger partial charge in [-0.05, 0) is 55.3 Å². The molecule has 1 aromatic heterocycles. The lowest BCUT2D eigenvalue weighted by Crippen LogP contribution is -1.92. The fourth-order valence-corrected chi connectivity index (χ4v) is 3.71. The Morgan fingerprint density at radius 1 is 1.16 bits per heavy atom. The van der Waals surface area contributed by atoms with Crippen LogP contribution in [-0.2, 0) is 0 Å². The van der Waals surface area contributed by atoms with E-state index in [1.807, 2.05) is 24.3 Å². The maximum atomic E-state index is 5.95. The number of hydrogen-bond donors (Lipinski definition) is 1. The second-order valence-electron chi connectivity index (χ2n) is 4.64. The minimum Gasteiger partial charge on any atom is -0.399 e. The van der Waals surface area contributed by atoms with Crippen LogP contribution in [0.4, 0.5) is 5.69 Å². The summed E-state index contributed by atoms with van der Waals surface area (Å²) in [6.07, 6.45) is 0. The van der Waals surface area contributed by atoms with Gasteiger partial charge in [-0.25, -0.2) is 4.98 Å². The van der Waals surface area contributed by atoms with E-state index in [0.29, 0.717) is 0 Å². The third kappa shape index (κ3) is 2.26. The van der Waals surface area contributed by atoms with Crippen molar-refractivity contribution in [1.82, 2.24) is 4.98 Å². The Hall–Kier alpha value is -1.39. The van der Waals surface area contributed by atoms with Gasteiger partial charge in [0.15, 0.2) is 0 Å². The molecule has 1 heterocycles. The molecule has 2 aromatic carbocycles. The van der Waals surface area contributed by atoms with Crippen LogP contribution < -0.4 is 5.73 Å². The fourth-order valence-electron chi connectivity index (χ4n) is 2.12. The van der Waals surface area contributed by atoms with Gasteiger partial charge < -0.3 is 5.73 Å². The molecule has 0 radical (unpaired) electrons. The standard InChI is InChI=1S/C15H13BrN2S/c1-8-5-11(17)7-12(9(8)2)15-18-13-4-3-10(16)6-14(13)19-15/h3-7H,17H2,1-2H3. The molecular formula is C15H13BrN2S. The molecule has 0 spiro atoms. The number of anilines is 1. The summed E-state index contributed by atoms with van der Waals surface area (Å²) in [5.74, 6) is 0. The van der Waals surface area contributed by atoms with Gasteiger partial charge in [0, 0.05) is 15.7 Å². The summed E-state index contributed by atoms with van der Waals surface area (Å²) >= 11 is 5.19. The Balaban J connectivity index is 2.24. The molecule has 19 heavy (non-hydrogen) atoms. The van der Waals surface area contributed by atoms with Crippen molar-refractivity contribution in [2.75, 3.05) is 5.73 Å². The van der Waals surface area contributed by atoms with Gasteiger partial charge in [-0.2, -0.15) is 0 Å². The Morgan fingerprint density at radius 2 is 1.95 bits per heavy atom. The summed E-state index contributed by atoms with van der Waals surface area (Å²) < 4.78 is 2.26. The van der Waals surface area contributed by atoms with Crippen LogP contribution in [0.5, 0.6) is 0 Å². The molecule has 0 amide bonds. The molecule has 96 valence electrons. The molecule has 0 saturated carbocycles.